The second-order valence-corrected chi connectivity index (χ2v) is 7.06. The predicted molar refractivity (Wildman–Crippen MR) is 103 cm³/mol. The number of benzene rings is 1. The van der Waals surface area contributed by atoms with Crippen LogP contribution in [0.1, 0.15) is 38.1 Å². The van der Waals surface area contributed by atoms with Crippen molar-refractivity contribution in [2.24, 2.45) is 7.05 Å². The van der Waals surface area contributed by atoms with Crippen LogP contribution in [-0.2, 0) is 24.7 Å². The zero-order chi connectivity index (χ0) is 18.1. The summed E-state index contributed by atoms with van der Waals surface area (Å²) in [5.41, 5.74) is 1.30. The van der Waals surface area contributed by atoms with Crippen molar-refractivity contribution in [1.82, 2.24) is 19.7 Å². The number of carbonyl (C=O) groups excluding carboxylic acids is 1. The van der Waals surface area contributed by atoms with E-state index in [1.165, 1.54) is 17.3 Å². The van der Waals surface area contributed by atoms with E-state index in [4.69, 9.17) is 0 Å². The Morgan fingerprint density at radius 2 is 1.76 bits per heavy atom. The van der Waals surface area contributed by atoms with Gasteiger partial charge in [0.25, 0.3) is 0 Å². The summed E-state index contributed by atoms with van der Waals surface area (Å²) in [6.45, 7) is 5.86. The molecule has 1 heterocycles. The smallest absolute Gasteiger partial charge is 0.233 e. The number of hydrogen-bond donors (Lipinski definition) is 0. The summed E-state index contributed by atoms with van der Waals surface area (Å²) in [7, 11) is 1.98. The number of aromatic nitrogens is 3. The van der Waals surface area contributed by atoms with E-state index in [1.54, 1.807) is 0 Å². The largest absolute Gasteiger partial charge is 0.342 e. The van der Waals surface area contributed by atoms with E-state index in [-0.39, 0.29) is 5.91 Å². The van der Waals surface area contributed by atoms with Gasteiger partial charge >= 0.3 is 0 Å². The van der Waals surface area contributed by atoms with Gasteiger partial charge in [-0.05, 0) is 24.8 Å². The Balaban J connectivity index is 1.88. The van der Waals surface area contributed by atoms with E-state index >= 15 is 0 Å². The van der Waals surface area contributed by atoms with Crippen molar-refractivity contribution in [2.75, 3.05) is 18.8 Å². The Kier molecular flexibility index (Phi) is 7.98. The first-order valence-electron chi connectivity index (χ1n) is 8.98. The Bertz CT molecular complexity index is 651. The van der Waals surface area contributed by atoms with Gasteiger partial charge in [-0.1, -0.05) is 55.9 Å². The number of rotatable bonds is 10. The van der Waals surface area contributed by atoms with Crippen molar-refractivity contribution >= 4 is 17.7 Å². The summed E-state index contributed by atoms with van der Waals surface area (Å²) >= 11 is 1.48. The number of hydrogen-bond acceptors (Lipinski definition) is 4. The molecule has 2 aromatic rings. The zero-order valence-electron chi connectivity index (χ0n) is 15.4. The second-order valence-electron chi connectivity index (χ2n) is 6.11. The molecule has 0 radical (unpaired) electrons. The van der Waals surface area contributed by atoms with Crippen LogP contribution in [0.5, 0.6) is 0 Å². The maximum atomic E-state index is 12.4. The second kappa shape index (κ2) is 10.2. The standard InChI is InChI=1S/C19H28N4OS/c1-4-13-23(14-5-2)18(24)15-25-19-21-20-17(22(19)3)12-11-16-9-7-6-8-10-16/h6-10H,4-5,11-15H2,1-3H3. The molecule has 0 saturated heterocycles. The lowest BCUT2D eigenvalue weighted by atomic mass is 10.1. The van der Waals surface area contributed by atoms with Crippen LogP contribution in [-0.4, -0.2) is 44.4 Å². The molecule has 0 N–H and O–H groups in total. The molecule has 0 aliphatic heterocycles. The summed E-state index contributed by atoms with van der Waals surface area (Å²) in [6, 6.07) is 10.4. The highest BCUT2D eigenvalue weighted by atomic mass is 32.2. The molecule has 1 aromatic heterocycles. The average molecular weight is 361 g/mol. The van der Waals surface area contributed by atoms with Gasteiger partial charge < -0.3 is 9.47 Å². The fourth-order valence-electron chi connectivity index (χ4n) is 2.71. The van der Waals surface area contributed by atoms with Crippen LogP contribution in [0.4, 0.5) is 0 Å². The van der Waals surface area contributed by atoms with Gasteiger partial charge in [0.2, 0.25) is 5.91 Å². The van der Waals surface area contributed by atoms with Crippen LogP contribution in [0.25, 0.3) is 0 Å². The minimum Gasteiger partial charge on any atom is -0.342 e. The van der Waals surface area contributed by atoms with E-state index in [0.29, 0.717) is 5.75 Å². The van der Waals surface area contributed by atoms with Crippen LogP contribution < -0.4 is 0 Å². The van der Waals surface area contributed by atoms with Gasteiger partial charge in [0.05, 0.1) is 5.75 Å². The molecule has 0 aliphatic rings. The Hall–Kier alpha value is -1.82. The van der Waals surface area contributed by atoms with E-state index in [1.807, 2.05) is 22.6 Å². The third-order valence-corrected chi connectivity index (χ3v) is 5.07. The van der Waals surface area contributed by atoms with Crippen LogP contribution >= 0.6 is 11.8 Å². The predicted octanol–water partition coefficient (Wildman–Crippen LogP) is 3.34. The van der Waals surface area contributed by atoms with E-state index in [9.17, 15) is 4.79 Å². The molecule has 0 atom stereocenters. The molecule has 5 nitrogen and oxygen atoms in total. The highest BCUT2D eigenvalue weighted by molar-refractivity contribution is 7.99. The fraction of sp³-hybridized carbons (Fsp3) is 0.526. The van der Waals surface area contributed by atoms with Crippen molar-refractivity contribution in [2.45, 2.75) is 44.7 Å². The van der Waals surface area contributed by atoms with Crippen LogP contribution in [0, 0.1) is 0 Å². The molecule has 136 valence electrons. The highest BCUT2D eigenvalue weighted by Crippen LogP contribution is 2.17. The number of nitrogens with zero attached hydrogens (tertiary/aromatic N) is 4. The summed E-state index contributed by atoms with van der Waals surface area (Å²) in [5.74, 6) is 1.56. The molecule has 6 heteroatoms. The number of thioether (sulfide) groups is 1. The maximum Gasteiger partial charge on any atom is 0.233 e. The molecule has 0 fully saturated rings. The van der Waals surface area contributed by atoms with E-state index in [2.05, 4.69) is 48.3 Å². The first kappa shape index (κ1) is 19.5. The molecule has 0 aliphatic carbocycles. The molecule has 1 amide bonds. The summed E-state index contributed by atoms with van der Waals surface area (Å²) in [6.07, 6.45) is 3.77. The molecule has 0 spiro atoms. The lowest BCUT2D eigenvalue weighted by Crippen LogP contribution is -2.33. The first-order chi connectivity index (χ1) is 12.2. The topological polar surface area (TPSA) is 51.0 Å². The van der Waals surface area contributed by atoms with Gasteiger partial charge in [-0.2, -0.15) is 0 Å². The lowest BCUT2D eigenvalue weighted by Gasteiger charge is -2.21. The van der Waals surface area contributed by atoms with Crippen molar-refractivity contribution in [1.29, 1.82) is 0 Å². The van der Waals surface area contributed by atoms with Crippen molar-refractivity contribution in [3.8, 4) is 0 Å². The quantitative estimate of drug-likeness (QED) is 0.610. The van der Waals surface area contributed by atoms with Gasteiger partial charge in [-0.15, -0.1) is 10.2 Å². The fourth-order valence-corrected chi connectivity index (χ4v) is 3.54. The van der Waals surface area contributed by atoms with Crippen molar-refractivity contribution < 1.29 is 4.79 Å². The van der Waals surface area contributed by atoms with Crippen LogP contribution in [0.15, 0.2) is 35.5 Å². The Morgan fingerprint density at radius 3 is 2.40 bits per heavy atom. The Labute approximate surface area is 154 Å². The van der Waals surface area contributed by atoms with Crippen LogP contribution in [0.2, 0.25) is 0 Å². The molecule has 0 unspecified atom stereocenters. The average Bonchev–Trinajstić information content (AvgIpc) is 2.98. The SMILES string of the molecule is CCCN(CCC)C(=O)CSc1nnc(CCc2ccccc2)n1C. The third kappa shape index (κ3) is 5.88. The zero-order valence-corrected chi connectivity index (χ0v) is 16.3. The molecule has 0 bridgehead atoms. The normalized spacial score (nSPS) is 10.8. The summed E-state index contributed by atoms with van der Waals surface area (Å²) in [5, 5.41) is 9.36. The number of carbonyl (C=O) groups is 1. The minimum atomic E-state index is 0.183. The highest BCUT2D eigenvalue weighted by Gasteiger charge is 2.15. The maximum absolute atomic E-state index is 12.4. The van der Waals surface area contributed by atoms with Gasteiger partial charge in [0.15, 0.2) is 5.16 Å². The third-order valence-electron chi connectivity index (χ3n) is 4.07. The molecular formula is C19H28N4OS. The first-order valence-corrected chi connectivity index (χ1v) is 9.97. The monoisotopic (exact) mass is 360 g/mol. The summed E-state index contributed by atoms with van der Waals surface area (Å²) < 4.78 is 2.00. The van der Waals surface area contributed by atoms with Crippen molar-refractivity contribution in [3.05, 3.63) is 41.7 Å². The number of amides is 1. The summed E-state index contributed by atoms with van der Waals surface area (Å²) in [4.78, 5) is 14.3. The molecular weight excluding hydrogens is 332 g/mol. The van der Waals surface area contributed by atoms with Crippen molar-refractivity contribution in [3.63, 3.8) is 0 Å². The van der Waals surface area contributed by atoms with Gasteiger partial charge in [-0.25, -0.2) is 0 Å². The molecule has 1 aromatic carbocycles. The lowest BCUT2D eigenvalue weighted by molar-refractivity contribution is -0.128. The van der Waals surface area contributed by atoms with Crippen LogP contribution in [0.3, 0.4) is 0 Å². The van der Waals surface area contributed by atoms with Gasteiger partial charge in [-0.3, -0.25) is 4.79 Å². The molecule has 2 rings (SSSR count). The van der Waals surface area contributed by atoms with E-state index < -0.39 is 0 Å². The minimum absolute atomic E-state index is 0.183. The molecule has 25 heavy (non-hydrogen) atoms. The van der Waals surface area contributed by atoms with E-state index in [0.717, 1.165) is 49.8 Å². The van der Waals surface area contributed by atoms with Gasteiger partial charge in [0, 0.05) is 26.6 Å². The molecule has 0 saturated carbocycles. The Morgan fingerprint density at radius 1 is 1.08 bits per heavy atom. The number of aryl methyl sites for hydroxylation is 2. The van der Waals surface area contributed by atoms with Gasteiger partial charge in [0.1, 0.15) is 5.82 Å².